The van der Waals surface area contributed by atoms with Crippen LogP contribution in [0.15, 0.2) is 35.5 Å². The summed E-state index contributed by atoms with van der Waals surface area (Å²) in [6.07, 6.45) is 8.36. The van der Waals surface area contributed by atoms with Crippen LogP contribution in [0.1, 0.15) is 42.2 Å². The van der Waals surface area contributed by atoms with Gasteiger partial charge in [-0.2, -0.15) is 5.10 Å². The smallest absolute Gasteiger partial charge is 0.261 e. The van der Waals surface area contributed by atoms with E-state index in [0.717, 1.165) is 31.6 Å². The van der Waals surface area contributed by atoms with Crippen molar-refractivity contribution in [3.8, 4) is 0 Å². The molecule has 4 rings (SSSR count). The van der Waals surface area contributed by atoms with Gasteiger partial charge >= 0.3 is 0 Å². The van der Waals surface area contributed by atoms with Gasteiger partial charge in [0.2, 0.25) is 5.43 Å². The highest BCUT2D eigenvalue weighted by molar-refractivity contribution is 6.05. The Morgan fingerprint density at radius 2 is 2.17 bits per heavy atom. The van der Waals surface area contributed by atoms with Gasteiger partial charge in [-0.25, -0.2) is 4.98 Å². The minimum Gasteiger partial charge on any atom is -0.376 e. The quantitative estimate of drug-likeness (QED) is 0.717. The third kappa shape index (κ3) is 4.07. The minimum atomic E-state index is -0.451. The van der Waals surface area contributed by atoms with Crippen molar-refractivity contribution in [2.75, 3.05) is 11.9 Å². The van der Waals surface area contributed by atoms with Crippen molar-refractivity contribution in [3.63, 3.8) is 0 Å². The van der Waals surface area contributed by atoms with Crippen molar-refractivity contribution in [2.45, 2.75) is 52.3 Å². The summed E-state index contributed by atoms with van der Waals surface area (Å²) < 4.78 is 9.32. The molecule has 4 heterocycles. The van der Waals surface area contributed by atoms with Gasteiger partial charge in [-0.3, -0.25) is 14.3 Å². The second-order valence-electron chi connectivity index (χ2n) is 7.38. The van der Waals surface area contributed by atoms with Gasteiger partial charge in [0.1, 0.15) is 11.2 Å². The first kappa shape index (κ1) is 19.3. The van der Waals surface area contributed by atoms with E-state index in [1.165, 1.54) is 0 Å². The lowest BCUT2D eigenvalue weighted by Crippen LogP contribution is -2.25. The van der Waals surface area contributed by atoms with Crippen molar-refractivity contribution in [1.29, 1.82) is 0 Å². The number of aryl methyl sites for hydroxylation is 2. The number of hydrogen-bond donors (Lipinski definition) is 1. The van der Waals surface area contributed by atoms with E-state index in [9.17, 15) is 9.59 Å². The van der Waals surface area contributed by atoms with E-state index in [4.69, 9.17) is 4.74 Å². The maximum Gasteiger partial charge on any atom is 0.261 e. The third-order valence-electron chi connectivity index (χ3n) is 5.20. The van der Waals surface area contributed by atoms with Crippen molar-refractivity contribution in [1.82, 2.24) is 19.3 Å². The van der Waals surface area contributed by atoms with Crippen molar-refractivity contribution in [2.24, 2.45) is 0 Å². The molecule has 152 valence electrons. The Hall–Kier alpha value is -3.00. The number of rotatable bonds is 5. The topological polar surface area (TPSA) is 91.0 Å². The number of nitrogens with zero attached hydrogens (tertiary/aromatic N) is 4. The number of anilines is 1. The first-order valence-corrected chi connectivity index (χ1v) is 10.0. The molecule has 3 aromatic rings. The number of pyridine rings is 2. The molecule has 0 radical (unpaired) electrons. The summed E-state index contributed by atoms with van der Waals surface area (Å²) in [5.41, 5.74) is 1.74. The predicted molar refractivity (Wildman–Crippen MR) is 110 cm³/mol. The number of carbonyl (C=O) groups excluding carboxylic acids is 1. The molecule has 1 aliphatic rings. The van der Waals surface area contributed by atoms with Gasteiger partial charge in [0.05, 0.1) is 29.9 Å². The fourth-order valence-electron chi connectivity index (χ4n) is 3.65. The number of hydrogen-bond acceptors (Lipinski definition) is 5. The summed E-state index contributed by atoms with van der Waals surface area (Å²) in [6, 6.07) is 3.51. The molecule has 1 atom stereocenters. The van der Waals surface area contributed by atoms with E-state index in [1.54, 1.807) is 35.4 Å². The highest BCUT2D eigenvalue weighted by atomic mass is 16.5. The van der Waals surface area contributed by atoms with Gasteiger partial charge in [-0.15, -0.1) is 0 Å². The maximum atomic E-state index is 12.9. The van der Waals surface area contributed by atoms with E-state index in [2.05, 4.69) is 15.4 Å². The fourth-order valence-corrected chi connectivity index (χ4v) is 3.65. The predicted octanol–water partition coefficient (Wildman–Crippen LogP) is 2.74. The lowest BCUT2D eigenvalue weighted by atomic mass is 10.1. The van der Waals surface area contributed by atoms with Crippen molar-refractivity contribution < 1.29 is 9.53 Å². The van der Waals surface area contributed by atoms with Gasteiger partial charge in [0, 0.05) is 31.2 Å². The van der Waals surface area contributed by atoms with E-state index < -0.39 is 5.91 Å². The molecular weight excluding hydrogens is 370 g/mol. The van der Waals surface area contributed by atoms with Crippen LogP contribution >= 0.6 is 0 Å². The molecule has 0 spiro atoms. The average molecular weight is 395 g/mol. The number of nitrogens with one attached hydrogen (secondary N) is 1. The van der Waals surface area contributed by atoms with Crippen LogP contribution in [0.4, 0.5) is 5.69 Å². The summed E-state index contributed by atoms with van der Waals surface area (Å²) in [5, 5.41) is 7.53. The molecule has 3 aromatic heterocycles. The zero-order valence-corrected chi connectivity index (χ0v) is 16.7. The van der Waals surface area contributed by atoms with Gasteiger partial charge in [-0.05, 0) is 45.2 Å². The first-order valence-electron chi connectivity index (χ1n) is 10.0. The highest BCUT2D eigenvalue weighted by Crippen LogP contribution is 2.16. The van der Waals surface area contributed by atoms with E-state index in [0.29, 0.717) is 29.8 Å². The van der Waals surface area contributed by atoms with Crippen LogP contribution < -0.4 is 10.7 Å². The third-order valence-corrected chi connectivity index (χ3v) is 5.20. The van der Waals surface area contributed by atoms with Crippen LogP contribution in [0.5, 0.6) is 0 Å². The van der Waals surface area contributed by atoms with Gasteiger partial charge in [0.25, 0.3) is 5.91 Å². The Morgan fingerprint density at radius 1 is 1.31 bits per heavy atom. The summed E-state index contributed by atoms with van der Waals surface area (Å²) >= 11 is 0. The standard InChI is InChI=1S/C21H25N5O3/c1-3-25-13-18(19(27)17-8-7-14(2)23-20(17)25)21(28)24-15-10-22-26(11-15)12-16-6-4-5-9-29-16/h7-8,10-11,13,16H,3-6,9,12H2,1-2H3,(H,24,28). The van der Waals surface area contributed by atoms with Crippen molar-refractivity contribution >= 4 is 22.6 Å². The van der Waals surface area contributed by atoms with E-state index >= 15 is 0 Å². The molecule has 1 saturated heterocycles. The molecule has 29 heavy (non-hydrogen) atoms. The fraction of sp³-hybridized carbons (Fsp3) is 0.429. The summed E-state index contributed by atoms with van der Waals surface area (Å²) in [6.45, 7) is 5.87. The zero-order valence-electron chi connectivity index (χ0n) is 16.7. The van der Waals surface area contributed by atoms with Crippen LogP contribution in [-0.2, 0) is 17.8 Å². The number of aromatic nitrogens is 4. The number of ether oxygens (including phenoxy) is 1. The van der Waals surface area contributed by atoms with Gasteiger partial charge < -0.3 is 14.6 Å². The van der Waals surface area contributed by atoms with Crippen LogP contribution in [0.2, 0.25) is 0 Å². The second kappa shape index (κ2) is 8.16. The number of amides is 1. The second-order valence-corrected chi connectivity index (χ2v) is 7.38. The molecule has 8 nitrogen and oxygen atoms in total. The molecule has 1 fully saturated rings. The Bertz CT molecular complexity index is 1100. The molecule has 1 aliphatic heterocycles. The van der Waals surface area contributed by atoms with Crippen LogP contribution in [-0.4, -0.2) is 37.9 Å². The molecule has 8 heteroatoms. The lowest BCUT2D eigenvalue weighted by molar-refractivity contribution is 0.00400. The number of fused-ring (bicyclic) bond motifs is 1. The van der Waals surface area contributed by atoms with Gasteiger partial charge in [0.15, 0.2) is 0 Å². The van der Waals surface area contributed by atoms with Crippen LogP contribution in [0.25, 0.3) is 11.0 Å². The Balaban J connectivity index is 1.56. The Morgan fingerprint density at radius 3 is 2.93 bits per heavy atom. The molecule has 1 N–H and O–H groups in total. The largest absolute Gasteiger partial charge is 0.376 e. The van der Waals surface area contributed by atoms with Crippen LogP contribution in [0, 0.1) is 6.92 Å². The molecule has 0 aliphatic carbocycles. The SMILES string of the molecule is CCn1cc(C(=O)Nc2cnn(CC3CCCCO3)c2)c(=O)c2ccc(C)nc21. The molecule has 0 bridgehead atoms. The summed E-state index contributed by atoms with van der Waals surface area (Å²) in [5.74, 6) is -0.451. The van der Waals surface area contributed by atoms with E-state index in [1.807, 2.05) is 18.4 Å². The lowest BCUT2D eigenvalue weighted by Gasteiger charge is -2.22. The molecule has 0 saturated carbocycles. The van der Waals surface area contributed by atoms with Crippen molar-refractivity contribution in [3.05, 3.63) is 52.2 Å². The monoisotopic (exact) mass is 395 g/mol. The Labute approximate surface area is 168 Å². The maximum absolute atomic E-state index is 12.9. The molecule has 1 unspecified atom stereocenters. The van der Waals surface area contributed by atoms with E-state index in [-0.39, 0.29) is 17.1 Å². The normalized spacial score (nSPS) is 16.8. The summed E-state index contributed by atoms with van der Waals surface area (Å²) in [4.78, 5) is 30.1. The molecule has 0 aromatic carbocycles. The first-order chi connectivity index (χ1) is 14.0. The number of carbonyl (C=O) groups is 1. The Kier molecular flexibility index (Phi) is 5.44. The van der Waals surface area contributed by atoms with Gasteiger partial charge in [-0.1, -0.05) is 0 Å². The van der Waals surface area contributed by atoms with Crippen LogP contribution in [0.3, 0.4) is 0 Å². The summed E-state index contributed by atoms with van der Waals surface area (Å²) in [7, 11) is 0. The molecular formula is C21H25N5O3. The highest BCUT2D eigenvalue weighted by Gasteiger charge is 2.18. The average Bonchev–Trinajstić information content (AvgIpc) is 3.15. The zero-order chi connectivity index (χ0) is 20.4. The minimum absolute atomic E-state index is 0.0911. The molecule has 1 amide bonds.